The maximum atomic E-state index is 12.9. The Morgan fingerprint density at radius 2 is 1.42 bits per heavy atom. The lowest BCUT2D eigenvalue weighted by atomic mass is 10.0. The van der Waals surface area contributed by atoms with Gasteiger partial charge in [-0.25, -0.2) is 4.79 Å². The van der Waals surface area contributed by atoms with Gasteiger partial charge in [0.1, 0.15) is 18.4 Å². The minimum absolute atomic E-state index is 0.326. The van der Waals surface area contributed by atoms with Gasteiger partial charge in [0.25, 0.3) is 5.91 Å². The van der Waals surface area contributed by atoms with Crippen LogP contribution >= 0.6 is 0 Å². The molecule has 0 bridgehead atoms. The van der Waals surface area contributed by atoms with Crippen molar-refractivity contribution in [3.63, 3.8) is 0 Å². The lowest BCUT2D eigenvalue weighted by Crippen LogP contribution is -2.43. The molecule has 4 rings (SSSR count). The number of ether oxygens (including phenoxy) is 2. The van der Waals surface area contributed by atoms with Crippen LogP contribution in [0.3, 0.4) is 0 Å². The molecule has 0 saturated heterocycles. The number of amides is 1. The van der Waals surface area contributed by atoms with Gasteiger partial charge in [-0.05, 0) is 46.2 Å². The second-order valence-electron chi connectivity index (χ2n) is 7.74. The Morgan fingerprint density at radius 3 is 2.12 bits per heavy atom. The monoisotopic (exact) mass is 439 g/mol. The number of fused-ring (bicyclic) bond motifs is 1. The van der Waals surface area contributed by atoms with Crippen molar-refractivity contribution in [2.24, 2.45) is 0 Å². The predicted octanol–water partition coefficient (Wildman–Crippen LogP) is 4.93. The summed E-state index contributed by atoms with van der Waals surface area (Å²) in [6.07, 6.45) is 0.356. The summed E-state index contributed by atoms with van der Waals surface area (Å²) in [6.45, 7) is 0.489. The zero-order chi connectivity index (χ0) is 23.0. The van der Waals surface area contributed by atoms with Gasteiger partial charge in [0, 0.05) is 12.0 Å². The van der Waals surface area contributed by atoms with Gasteiger partial charge < -0.3 is 14.8 Å². The van der Waals surface area contributed by atoms with Crippen LogP contribution in [0.5, 0.6) is 5.75 Å². The van der Waals surface area contributed by atoms with E-state index < -0.39 is 12.0 Å². The summed E-state index contributed by atoms with van der Waals surface area (Å²) in [7, 11) is 1.32. The maximum Gasteiger partial charge on any atom is 0.328 e. The molecular formula is C28H25NO4. The summed E-state index contributed by atoms with van der Waals surface area (Å²) in [6, 6.07) is 29.9. The summed E-state index contributed by atoms with van der Waals surface area (Å²) in [4.78, 5) is 25.1. The molecule has 1 amide bonds. The van der Waals surface area contributed by atoms with Crippen molar-refractivity contribution >= 4 is 22.6 Å². The Morgan fingerprint density at radius 1 is 0.788 bits per heavy atom. The molecule has 0 aliphatic heterocycles. The second-order valence-corrected chi connectivity index (χ2v) is 7.74. The van der Waals surface area contributed by atoms with Crippen molar-refractivity contribution < 1.29 is 19.1 Å². The highest BCUT2D eigenvalue weighted by Crippen LogP contribution is 2.23. The molecule has 0 fully saturated rings. The molecule has 1 unspecified atom stereocenters. The first-order valence-corrected chi connectivity index (χ1v) is 10.8. The molecule has 0 saturated carbocycles. The number of hydrogen-bond acceptors (Lipinski definition) is 4. The number of carbonyl (C=O) groups excluding carboxylic acids is 2. The van der Waals surface area contributed by atoms with Gasteiger partial charge in [-0.1, -0.05) is 72.8 Å². The molecule has 166 valence electrons. The summed E-state index contributed by atoms with van der Waals surface area (Å²) < 4.78 is 10.8. The highest BCUT2D eigenvalue weighted by molar-refractivity contribution is 6.00. The summed E-state index contributed by atoms with van der Waals surface area (Å²) in [5.41, 5.74) is 2.51. The Bertz CT molecular complexity index is 1240. The largest absolute Gasteiger partial charge is 0.489 e. The molecular weight excluding hydrogens is 414 g/mol. The molecule has 4 aromatic rings. The minimum atomic E-state index is -0.769. The number of benzene rings is 4. The Hall–Kier alpha value is -4.12. The van der Waals surface area contributed by atoms with Crippen LogP contribution in [0.1, 0.15) is 21.5 Å². The topological polar surface area (TPSA) is 64.6 Å². The quantitative estimate of drug-likeness (QED) is 0.395. The van der Waals surface area contributed by atoms with E-state index in [1.807, 2.05) is 91.0 Å². The van der Waals surface area contributed by atoms with Gasteiger partial charge in [0.2, 0.25) is 0 Å². The maximum absolute atomic E-state index is 12.9. The molecule has 1 atom stereocenters. The first-order valence-electron chi connectivity index (χ1n) is 10.8. The third-order valence-electron chi connectivity index (χ3n) is 5.40. The van der Waals surface area contributed by atoms with Crippen LogP contribution in [0.25, 0.3) is 10.8 Å². The molecule has 1 N–H and O–H groups in total. The van der Waals surface area contributed by atoms with E-state index in [1.54, 1.807) is 6.07 Å². The average Bonchev–Trinajstić information content (AvgIpc) is 2.87. The van der Waals surface area contributed by atoms with Gasteiger partial charge in [-0.3, -0.25) is 4.79 Å². The first-order chi connectivity index (χ1) is 16.1. The van der Waals surface area contributed by atoms with E-state index in [9.17, 15) is 9.59 Å². The summed E-state index contributed by atoms with van der Waals surface area (Å²) in [5, 5.41) is 4.68. The summed E-state index contributed by atoms with van der Waals surface area (Å²) >= 11 is 0. The van der Waals surface area contributed by atoms with Gasteiger partial charge in [-0.2, -0.15) is 0 Å². The standard InChI is InChI=1S/C28H25NO4/c1-32-28(31)26(16-20-8-4-2-5-9-20)29-27(30)24-13-12-23-18-25(15-14-22(23)17-24)33-19-21-10-6-3-7-11-21/h2-15,17-18,26H,16,19H2,1H3,(H,29,30). The Kier molecular flexibility index (Phi) is 7.00. The number of hydrogen-bond donors (Lipinski definition) is 1. The van der Waals surface area contributed by atoms with Crippen LogP contribution in [0, 0.1) is 0 Å². The molecule has 0 heterocycles. The van der Waals surface area contributed by atoms with E-state index in [0.29, 0.717) is 18.6 Å². The van der Waals surface area contributed by atoms with E-state index in [2.05, 4.69) is 5.32 Å². The van der Waals surface area contributed by atoms with Crippen molar-refractivity contribution in [2.45, 2.75) is 19.1 Å². The molecule has 0 aliphatic rings. The van der Waals surface area contributed by atoms with Crippen LogP contribution in [0.2, 0.25) is 0 Å². The van der Waals surface area contributed by atoms with Gasteiger partial charge in [0.05, 0.1) is 7.11 Å². The minimum Gasteiger partial charge on any atom is -0.489 e. The molecule has 0 spiro atoms. The van der Waals surface area contributed by atoms with Crippen molar-refractivity contribution in [3.05, 3.63) is 114 Å². The van der Waals surface area contributed by atoms with Crippen molar-refractivity contribution in [1.29, 1.82) is 0 Å². The number of rotatable bonds is 8. The molecule has 33 heavy (non-hydrogen) atoms. The van der Waals surface area contributed by atoms with Crippen LogP contribution in [-0.4, -0.2) is 25.0 Å². The molecule has 0 aliphatic carbocycles. The summed E-state index contributed by atoms with van der Waals surface area (Å²) in [5.74, 6) is -0.0435. The first kappa shape index (κ1) is 22.1. The number of carbonyl (C=O) groups is 2. The van der Waals surface area contributed by atoms with Gasteiger partial charge in [0.15, 0.2) is 0 Å². The van der Waals surface area contributed by atoms with Crippen LogP contribution < -0.4 is 10.1 Å². The molecule has 5 heteroatoms. The molecule has 5 nitrogen and oxygen atoms in total. The highest BCUT2D eigenvalue weighted by atomic mass is 16.5. The fourth-order valence-electron chi connectivity index (χ4n) is 3.62. The van der Waals surface area contributed by atoms with Crippen molar-refractivity contribution in [1.82, 2.24) is 5.32 Å². The number of esters is 1. The number of methoxy groups -OCH3 is 1. The third kappa shape index (κ3) is 5.77. The van der Waals surface area contributed by atoms with Crippen molar-refractivity contribution in [3.8, 4) is 5.75 Å². The predicted molar refractivity (Wildman–Crippen MR) is 128 cm³/mol. The van der Waals surface area contributed by atoms with E-state index in [1.165, 1.54) is 7.11 Å². The molecule has 0 radical (unpaired) electrons. The van der Waals surface area contributed by atoms with Crippen LogP contribution in [0.15, 0.2) is 97.1 Å². The Balaban J connectivity index is 1.46. The normalized spacial score (nSPS) is 11.5. The van der Waals surface area contributed by atoms with Gasteiger partial charge in [-0.15, -0.1) is 0 Å². The second kappa shape index (κ2) is 10.5. The average molecular weight is 440 g/mol. The highest BCUT2D eigenvalue weighted by Gasteiger charge is 2.22. The lowest BCUT2D eigenvalue weighted by Gasteiger charge is -2.17. The smallest absolute Gasteiger partial charge is 0.328 e. The van der Waals surface area contributed by atoms with E-state index >= 15 is 0 Å². The number of nitrogens with one attached hydrogen (secondary N) is 1. The lowest BCUT2D eigenvalue weighted by molar-refractivity contribution is -0.142. The molecule has 4 aromatic carbocycles. The fraction of sp³-hybridized carbons (Fsp3) is 0.143. The van der Waals surface area contributed by atoms with Gasteiger partial charge >= 0.3 is 5.97 Å². The fourth-order valence-corrected chi connectivity index (χ4v) is 3.62. The van der Waals surface area contributed by atoms with E-state index in [4.69, 9.17) is 9.47 Å². The molecule has 0 aromatic heterocycles. The van der Waals surface area contributed by atoms with Crippen molar-refractivity contribution in [2.75, 3.05) is 7.11 Å². The van der Waals surface area contributed by atoms with E-state index in [0.717, 1.165) is 27.6 Å². The zero-order valence-electron chi connectivity index (χ0n) is 18.4. The SMILES string of the molecule is COC(=O)C(Cc1ccccc1)NC(=O)c1ccc2cc(OCc3ccccc3)ccc2c1. The van der Waals surface area contributed by atoms with E-state index in [-0.39, 0.29) is 5.91 Å². The van der Waals surface area contributed by atoms with Crippen LogP contribution in [0.4, 0.5) is 0 Å². The third-order valence-corrected chi connectivity index (χ3v) is 5.40. The van der Waals surface area contributed by atoms with Crippen LogP contribution in [-0.2, 0) is 22.6 Å². The zero-order valence-corrected chi connectivity index (χ0v) is 18.4. The Labute approximate surface area is 193 Å².